The first-order valence-corrected chi connectivity index (χ1v) is 16.1. The molecule has 7 rings (SSSR count). The Kier molecular flexibility index (Phi) is 8.29. The highest BCUT2D eigenvalue weighted by Gasteiger charge is 2.35. The van der Waals surface area contributed by atoms with Crippen molar-refractivity contribution in [1.82, 2.24) is 24.4 Å². The van der Waals surface area contributed by atoms with Crippen LogP contribution < -0.4 is 4.90 Å². The summed E-state index contributed by atoms with van der Waals surface area (Å²) >= 11 is 6.06. The molecule has 3 aliphatic rings. The van der Waals surface area contributed by atoms with Crippen molar-refractivity contribution in [2.45, 2.75) is 43.7 Å². The van der Waals surface area contributed by atoms with Gasteiger partial charge in [-0.05, 0) is 73.2 Å². The summed E-state index contributed by atoms with van der Waals surface area (Å²) in [7, 11) is 0. The van der Waals surface area contributed by atoms with Gasteiger partial charge in [-0.3, -0.25) is 9.69 Å². The van der Waals surface area contributed by atoms with Gasteiger partial charge in [0.2, 0.25) is 0 Å². The first kappa shape index (κ1) is 29.2. The van der Waals surface area contributed by atoms with E-state index in [1.165, 1.54) is 0 Å². The van der Waals surface area contributed by atoms with Crippen LogP contribution in [0.2, 0.25) is 5.02 Å². The number of hydrogen-bond donors (Lipinski definition) is 1. The lowest BCUT2D eigenvalue weighted by molar-refractivity contribution is 0.00159. The highest BCUT2D eigenvalue weighted by atomic mass is 35.5. The molecule has 5 heterocycles. The molecule has 2 aromatic heterocycles. The fourth-order valence-corrected chi connectivity index (χ4v) is 7.06. The minimum Gasteiger partial charge on any atom is -0.385 e. The molecule has 0 spiro atoms. The molecule has 3 saturated heterocycles. The first-order valence-electron chi connectivity index (χ1n) is 15.7. The molecule has 0 unspecified atom stereocenters. The summed E-state index contributed by atoms with van der Waals surface area (Å²) < 4.78 is 7.33. The molecule has 3 fully saturated rings. The zero-order valence-electron chi connectivity index (χ0n) is 24.9. The number of aromatic nitrogens is 3. The average Bonchev–Trinajstić information content (AvgIpc) is 3.49. The van der Waals surface area contributed by atoms with Crippen LogP contribution in [0.15, 0.2) is 66.9 Å². The molecule has 10 heteroatoms. The van der Waals surface area contributed by atoms with Crippen molar-refractivity contribution in [3.05, 3.63) is 94.4 Å². The quantitative estimate of drug-likeness (QED) is 0.345. The Hall–Kier alpha value is -3.50. The predicted molar refractivity (Wildman–Crippen MR) is 170 cm³/mol. The van der Waals surface area contributed by atoms with E-state index >= 15 is 0 Å². The Morgan fingerprint density at radius 3 is 2.34 bits per heavy atom. The maximum absolute atomic E-state index is 13.2. The maximum Gasteiger partial charge on any atom is 0.253 e. The summed E-state index contributed by atoms with van der Waals surface area (Å²) in [4.78, 5) is 24.9. The zero-order chi connectivity index (χ0) is 30.1. The van der Waals surface area contributed by atoms with Gasteiger partial charge in [0.25, 0.3) is 5.91 Å². The van der Waals surface area contributed by atoms with Crippen LogP contribution in [0.1, 0.15) is 53.0 Å². The van der Waals surface area contributed by atoms with Crippen molar-refractivity contribution < 1.29 is 14.6 Å². The lowest BCUT2D eigenvalue weighted by Gasteiger charge is -2.40. The Labute approximate surface area is 263 Å². The highest BCUT2D eigenvalue weighted by Crippen LogP contribution is 2.36. The fraction of sp³-hybridized carbons (Fsp3) is 0.441. The summed E-state index contributed by atoms with van der Waals surface area (Å²) in [6.07, 6.45) is 5.78. The summed E-state index contributed by atoms with van der Waals surface area (Å²) in [5.41, 5.74) is 3.67. The molecule has 1 N–H and O–H groups in total. The van der Waals surface area contributed by atoms with E-state index in [0.29, 0.717) is 43.4 Å². The molecule has 3 aliphatic heterocycles. The number of carbonyl (C=O) groups excluding carboxylic acids is 1. The van der Waals surface area contributed by atoms with Crippen LogP contribution in [0.5, 0.6) is 0 Å². The molecule has 4 aromatic rings. The molecule has 9 nitrogen and oxygen atoms in total. The topological polar surface area (TPSA) is 86.4 Å². The molecule has 44 heavy (non-hydrogen) atoms. The number of fused-ring (bicyclic) bond motifs is 1. The van der Waals surface area contributed by atoms with Crippen molar-refractivity contribution in [3.8, 4) is 0 Å². The third-order valence-corrected chi connectivity index (χ3v) is 9.83. The monoisotopic (exact) mass is 614 g/mol. The normalized spacial score (nSPS) is 19.9. The van der Waals surface area contributed by atoms with E-state index in [-0.39, 0.29) is 5.91 Å². The van der Waals surface area contributed by atoms with E-state index in [1.807, 2.05) is 70.2 Å². The third-order valence-electron chi connectivity index (χ3n) is 9.58. The minimum atomic E-state index is -0.863. The Morgan fingerprint density at radius 2 is 1.64 bits per heavy atom. The van der Waals surface area contributed by atoms with Crippen LogP contribution in [-0.4, -0.2) is 93.9 Å². The number of anilines is 1. The van der Waals surface area contributed by atoms with E-state index in [4.69, 9.17) is 26.4 Å². The standard InChI is InChI=1S/C34H39ClN6O3/c35-28-9-7-27(8-10-28)34(43)13-18-39(19-14-34)30-2-1-15-41-32(30)36-31(37-41)24-25-3-5-26(6-4-25)33(42)40-16-11-29(12-17-40)38-20-22-44-23-21-38/h1-10,15,29,43H,11-14,16-24H2. The number of piperidine rings is 2. The first-order chi connectivity index (χ1) is 21.4. The summed E-state index contributed by atoms with van der Waals surface area (Å²) in [5.74, 6) is 0.841. The van der Waals surface area contributed by atoms with Gasteiger partial charge in [0.05, 0.1) is 24.5 Å². The SMILES string of the molecule is O=C(c1ccc(Cc2nc3c(N4CCC(O)(c5ccc(Cl)cc5)CC4)cccn3n2)cc1)N1CCC(N2CCOCC2)CC1. The number of carbonyl (C=O) groups is 1. The minimum absolute atomic E-state index is 0.108. The summed E-state index contributed by atoms with van der Waals surface area (Å²) in [5, 5.41) is 16.8. The second kappa shape index (κ2) is 12.5. The molecule has 230 valence electrons. The number of aliphatic hydroxyl groups is 1. The molecular formula is C34H39ClN6O3. The van der Waals surface area contributed by atoms with Gasteiger partial charge in [0.1, 0.15) is 0 Å². The number of ether oxygens (including phenoxy) is 1. The molecule has 0 radical (unpaired) electrons. The molecule has 2 aromatic carbocycles. The average molecular weight is 615 g/mol. The number of halogens is 1. The van der Waals surface area contributed by atoms with E-state index in [9.17, 15) is 9.90 Å². The van der Waals surface area contributed by atoms with E-state index in [0.717, 1.165) is 86.1 Å². The van der Waals surface area contributed by atoms with Gasteiger partial charge in [-0.1, -0.05) is 35.9 Å². The largest absolute Gasteiger partial charge is 0.385 e. The fourth-order valence-electron chi connectivity index (χ4n) is 6.93. The third kappa shape index (κ3) is 6.06. The van der Waals surface area contributed by atoms with Gasteiger partial charge in [-0.25, -0.2) is 9.50 Å². The lowest BCUT2D eigenvalue weighted by Crippen LogP contribution is -2.50. The number of morpholine rings is 1. The second-order valence-electron chi connectivity index (χ2n) is 12.3. The number of pyridine rings is 1. The molecule has 0 saturated carbocycles. The zero-order valence-corrected chi connectivity index (χ0v) is 25.7. The van der Waals surface area contributed by atoms with Gasteiger partial charge in [-0.2, -0.15) is 5.10 Å². The number of rotatable bonds is 6. The van der Waals surface area contributed by atoms with E-state index in [1.54, 1.807) is 0 Å². The lowest BCUT2D eigenvalue weighted by atomic mass is 9.84. The number of likely N-dealkylation sites (tertiary alicyclic amines) is 1. The number of benzene rings is 2. The Bertz CT molecular complexity index is 1590. The van der Waals surface area contributed by atoms with Crippen LogP contribution >= 0.6 is 11.6 Å². The van der Waals surface area contributed by atoms with Crippen molar-refractivity contribution in [2.75, 3.05) is 57.4 Å². The number of hydrogen-bond acceptors (Lipinski definition) is 7. The Morgan fingerprint density at radius 1 is 0.932 bits per heavy atom. The molecular weight excluding hydrogens is 576 g/mol. The Balaban J connectivity index is 0.977. The van der Waals surface area contributed by atoms with Crippen LogP contribution in [0.3, 0.4) is 0 Å². The van der Waals surface area contributed by atoms with Gasteiger partial charge in [0, 0.05) is 68.5 Å². The number of nitrogens with zero attached hydrogens (tertiary/aromatic N) is 6. The van der Waals surface area contributed by atoms with Crippen LogP contribution in [0.25, 0.3) is 5.65 Å². The molecule has 0 atom stereocenters. The van der Waals surface area contributed by atoms with Crippen LogP contribution in [0.4, 0.5) is 5.69 Å². The predicted octanol–water partition coefficient (Wildman–Crippen LogP) is 4.40. The van der Waals surface area contributed by atoms with Crippen LogP contribution in [-0.2, 0) is 16.8 Å². The highest BCUT2D eigenvalue weighted by molar-refractivity contribution is 6.30. The van der Waals surface area contributed by atoms with Crippen molar-refractivity contribution in [3.63, 3.8) is 0 Å². The van der Waals surface area contributed by atoms with Crippen molar-refractivity contribution in [1.29, 1.82) is 0 Å². The molecule has 1 amide bonds. The van der Waals surface area contributed by atoms with Gasteiger partial charge in [-0.15, -0.1) is 0 Å². The maximum atomic E-state index is 13.2. The van der Waals surface area contributed by atoms with Crippen molar-refractivity contribution in [2.24, 2.45) is 0 Å². The van der Waals surface area contributed by atoms with E-state index in [2.05, 4.69) is 15.9 Å². The summed E-state index contributed by atoms with van der Waals surface area (Å²) in [6, 6.07) is 20.0. The molecule has 0 aliphatic carbocycles. The van der Waals surface area contributed by atoms with Gasteiger partial charge < -0.3 is 19.6 Å². The number of amides is 1. The molecule has 0 bridgehead atoms. The summed E-state index contributed by atoms with van der Waals surface area (Å²) in [6.45, 7) is 6.63. The van der Waals surface area contributed by atoms with Crippen LogP contribution in [0, 0.1) is 0 Å². The van der Waals surface area contributed by atoms with E-state index < -0.39 is 5.60 Å². The van der Waals surface area contributed by atoms with Crippen molar-refractivity contribution >= 4 is 28.8 Å². The smallest absolute Gasteiger partial charge is 0.253 e. The van der Waals surface area contributed by atoms with Gasteiger partial charge >= 0.3 is 0 Å². The van der Waals surface area contributed by atoms with Gasteiger partial charge in [0.15, 0.2) is 11.5 Å². The second-order valence-corrected chi connectivity index (χ2v) is 12.7.